The second-order valence-corrected chi connectivity index (χ2v) is 5.18. The molecule has 2 rings (SSSR count). The minimum absolute atomic E-state index is 0.0963. The molecule has 1 amide bonds. The number of nitrogens with one attached hydrogen (secondary N) is 2. The van der Waals surface area contributed by atoms with Crippen LogP contribution in [0.4, 0.5) is 5.69 Å². The molecule has 0 aliphatic heterocycles. The SMILES string of the molecule is Cc1ccc(Br)c(NC(=O)c2ccc(C)[nH]c2=O)c1. The number of rotatable bonds is 2. The van der Waals surface area contributed by atoms with Crippen molar-refractivity contribution in [3.8, 4) is 0 Å². The summed E-state index contributed by atoms with van der Waals surface area (Å²) in [7, 11) is 0. The average molecular weight is 321 g/mol. The number of hydrogen-bond donors (Lipinski definition) is 2. The quantitative estimate of drug-likeness (QED) is 0.893. The summed E-state index contributed by atoms with van der Waals surface area (Å²) in [6, 6.07) is 8.84. The number of aromatic amines is 1. The predicted octanol–water partition coefficient (Wildman–Crippen LogP) is 3.01. The monoisotopic (exact) mass is 320 g/mol. The van der Waals surface area contributed by atoms with E-state index in [0.717, 1.165) is 15.7 Å². The highest BCUT2D eigenvalue weighted by molar-refractivity contribution is 9.10. The largest absolute Gasteiger partial charge is 0.326 e. The third-order valence-corrected chi connectivity index (χ3v) is 3.36. The molecular formula is C14H13BrN2O2. The Hall–Kier alpha value is -1.88. The number of carbonyl (C=O) groups is 1. The van der Waals surface area contributed by atoms with Crippen LogP contribution >= 0.6 is 15.9 Å². The molecule has 0 saturated heterocycles. The van der Waals surface area contributed by atoms with Gasteiger partial charge in [0.2, 0.25) is 0 Å². The van der Waals surface area contributed by atoms with E-state index < -0.39 is 5.91 Å². The molecule has 1 aromatic carbocycles. The van der Waals surface area contributed by atoms with Gasteiger partial charge in [-0.2, -0.15) is 0 Å². The van der Waals surface area contributed by atoms with Crippen LogP contribution in [0.1, 0.15) is 21.6 Å². The van der Waals surface area contributed by atoms with Gasteiger partial charge in [-0.3, -0.25) is 9.59 Å². The Labute approximate surface area is 119 Å². The van der Waals surface area contributed by atoms with Crippen LogP contribution in [-0.4, -0.2) is 10.9 Å². The third-order valence-electron chi connectivity index (χ3n) is 2.67. The van der Waals surface area contributed by atoms with Crippen LogP contribution < -0.4 is 10.9 Å². The van der Waals surface area contributed by atoms with E-state index in [1.165, 1.54) is 6.07 Å². The molecule has 0 atom stereocenters. The lowest BCUT2D eigenvalue weighted by molar-refractivity contribution is 0.102. The van der Waals surface area contributed by atoms with Gasteiger partial charge >= 0.3 is 0 Å². The fourth-order valence-electron chi connectivity index (χ4n) is 1.68. The number of aryl methyl sites for hydroxylation is 2. The first-order valence-electron chi connectivity index (χ1n) is 5.75. The molecule has 0 radical (unpaired) electrons. The van der Waals surface area contributed by atoms with Gasteiger partial charge in [0.05, 0.1) is 5.69 Å². The maximum absolute atomic E-state index is 12.1. The van der Waals surface area contributed by atoms with Crippen molar-refractivity contribution in [3.63, 3.8) is 0 Å². The van der Waals surface area contributed by atoms with Crippen LogP contribution in [0.3, 0.4) is 0 Å². The van der Waals surface area contributed by atoms with Gasteiger partial charge in [0.25, 0.3) is 11.5 Å². The minimum Gasteiger partial charge on any atom is -0.326 e. The van der Waals surface area contributed by atoms with Crippen molar-refractivity contribution in [3.05, 3.63) is 62.0 Å². The van der Waals surface area contributed by atoms with Gasteiger partial charge in [-0.15, -0.1) is 0 Å². The molecular weight excluding hydrogens is 308 g/mol. The highest BCUT2D eigenvalue weighted by Crippen LogP contribution is 2.23. The normalized spacial score (nSPS) is 10.3. The number of benzene rings is 1. The number of carbonyl (C=O) groups excluding carboxylic acids is 1. The molecule has 0 bridgehead atoms. The molecule has 4 nitrogen and oxygen atoms in total. The van der Waals surface area contributed by atoms with Crippen LogP contribution in [0.2, 0.25) is 0 Å². The first-order valence-corrected chi connectivity index (χ1v) is 6.54. The van der Waals surface area contributed by atoms with E-state index in [0.29, 0.717) is 5.69 Å². The standard InChI is InChI=1S/C14H13BrN2O2/c1-8-3-6-11(15)12(7-8)17-14(19)10-5-4-9(2)16-13(10)18/h3-7H,1-2H3,(H,16,18)(H,17,19). The van der Waals surface area contributed by atoms with Gasteiger partial charge in [-0.25, -0.2) is 0 Å². The van der Waals surface area contributed by atoms with Gasteiger partial charge in [-0.05, 0) is 59.6 Å². The van der Waals surface area contributed by atoms with Crippen molar-refractivity contribution in [1.29, 1.82) is 0 Å². The summed E-state index contributed by atoms with van der Waals surface area (Å²) < 4.78 is 0.773. The number of aromatic nitrogens is 1. The van der Waals surface area contributed by atoms with E-state index in [2.05, 4.69) is 26.2 Å². The zero-order chi connectivity index (χ0) is 14.0. The van der Waals surface area contributed by atoms with E-state index in [1.807, 2.05) is 25.1 Å². The summed E-state index contributed by atoms with van der Waals surface area (Å²) in [5.41, 5.74) is 2.10. The van der Waals surface area contributed by atoms with Gasteiger partial charge < -0.3 is 10.3 Å². The van der Waals surface area contributed by atoms with Gasteiger partial charge in [0, 0.05) is 10.2 Å². The summed E-state index contributed by atoms with van der Waals surface area (Å²) in [4.78, 5) is 26.4. The topological polar surface area (TPSA) is 62.0 Å². The Kier molecular flexibility index (Phi) is 3.85. The fourth-order valence-corrected chi connectivity index (χ4v) is 2.02. The summed E-state index contributed by atoms with van der Waals surface area (Å²) in [5, 5.41) is 2.72. The zero-order valence-electron chi connectivity index (χ0n) is 10.6. The lowest BCUT2D eigenvalue weighted by Gasteiger charge is -2.08. The maximum atomic E-state index is 12.1. The predicted molar refractivity (Wildman–Crippen MR) is 78.6 cm³/mol. The van der Waals surface area contributed by atoms with Gasteiger partial charge in [-0.1, -0.05) is 6.07 Å². The van der Waals surface area contributed by atoms with Gasteiger partial charge in [0.15, 0.2) is 0 Å². The molecule has 0 fully saturated rings. The number of halogens is 1. The van der Waals surface area contributed by atoms with Crippen molar-refractivity contribution in [1.82, 2.24) is 4.98 Å². The third kappa shape index (κ3) is 3.12. The molecule has 0 aliphatic rings. The number of hydrogen-bond acceptors (Lipinski definition) is 2. The molecule has 1 heterocycles. The number of anilines is 1. The Bertz CT molecular complexity index is 692. The molecule has 0 aliphatic carbocycles. The van der Waals surface area contributed by atoms with Gasteiger partial charge in [0.1, 0.15) is 5.56 Å². The van der Waals surface area contributed by atoms with E-state index in [4.69, 9.17) is 0 Å². The average Bonchev–Trinajstić information content (AvgIpc) is 2.33. The molecule has 0 spiro atoms. The first kappa shape index (κ1) is 13.5. The van der Waals surface area contributed by atoms with Crippen molar-refractivity contribution in [2.45, 2.75) is 13.8 Å². The van der Waals surface area contributed by atoms with E-state index in [-0.39, 0.29) is 11.1 Å². The zero-order valence-corrected chi connectivity index (χ0v) is 12.2. The number of amides is 1. The lowest BCUT2D eigenvalue weighted by Crippen LogP contribution is -2.23. The summed E-state index contributed by atoms with van der Waals surface area (Å²) in [5.74, 6) is -0.424. The van der Waals surface area contributed by atoms with Crippen molar-refractivity contribution in [2.75, 3.05) is 5.32 Å². The Morgan fingerprint density at radius 3 is 2.63 bits per heavy atom. The summed E-state index contributed by atoms with van der Waals surface area (Å²) in [6.45, 7) is 3.70. The molecule has 5 heteroatoms. The smallest absolute Gasteiger partial charge is 0.261 e. The van der Waals surface area contributed by atoms with Crippen molar-refractivity contribution < 1.29 is 4.79 Å². The number of H-pyrrole nitrogens is 1. The van der Waals surface area contributed by atoms with E-state index >= 15 is 0 Å². The van der Waals surface area contributed by atoms with Crippen LogP contribution in [0, 0.1) is 13.8 Å². The van der Waals surface area contributed by atoms with Crippen molar-refractivity contribution >= 4 is 27.5 Å². The Balaban J connectivity index is 2.31. The molecule has 19 heavy (non-hydrogen) atoms. The summed E-state index contributed by atoms with van der Waals surface area (Å²) in [6.07, 6.45) is 0. The molecule has 1 aromatic heterocycles. The second kappa shape index (κ2) is 5.40. The fraction of sp³-hybridized carbons (Fsp3) is 0.143. The number of pyridine rings is 1. The maximum Gasteiger partial charge on any atom is 0.261 e. The van der Waals surface area contributed by atoms with E-state index in [1.54, 1.807) is 13.0 Å². The van der Waals surface area contributed by atoms with E-state index in [9.17, 15) is 9.59 Å². The summed E-state index contributed by atoms with van der Waals surface area (Å²) >= 11 is 3.36. The molecule has 98 valence electrons. The highest BCUT2D eigenvalue weighted by atomic mass is 79.9. The first-order chi connectivity index (χ1) is 8.97. The Morgan fingerprint density at radius 1 is 1.21 bits per heavy atom. The van der Waals surface area contributed by atoms with Crippen LogP contribution in [0.15, 0.2) is 39.6 Å². The molecule has 2 N–H and O–H groups in total. The Morgan fingerprint density at radius 2 is 1.95 bits per heavy atom. The highest BCUT2D eigenvalue weighted by Gasteiger charge is 2.12. The van der Waals surface area contributed by atoms with Crippen molar-refractivity contribution in [2.24, 2.45) is 0 Å². The minimum atomic E-state index is -0.424. The van der Waals surface area contributed by atoms with Crippen LogP contribution in [0.5, 0.6) is 0 Å². The molecule has 2 aromatic rings. The van der Waals surface area contributed by atoms with Crippen LogP contribution in [-0.2, 0) is 0 Å². The second-order valence-electron chi connectivity index (χ2n) is 4.32. The molecule has 0 saturated carbocycles. The lowest BCUT2D eigenvalue weighted by atomic mass is 10.2. The molecule has 0 unspecified atom stereocenters. The van der Waals surface area contributed by atoms with Crippen LogP contribution in [0.25, 0.3) is 0 Å².